The second-order valence-electron chi connectivity index (χ2n) is 6.86. The molecule has 1 heterocycles. The maximum absolute atomic E-state index is 11.8. The largest absolute Gasteiger partial charge is 0.338 e. The number of hydrogen-bond donors (Lipinski definition) is 2. The molecule has 4 heteroatoms. The molecule has 0 radical (unpaired) electrons. The molecule has 2 aliphatic rings. The van der Waals surface area contributed by atoms with Gasteiger partial charge in [0, 0.05) is 25.7 Å². The van der Waals surface area contributed by atoms with E-state index in [1.807, 2.05) is 0 Å². The normalized spacial score (nSPS) is 27.6. The molecule has 4 nitrogen and oxygen atoms in total. The number of likely N-dealkylation sites (tertiary alicyclic amines) is 1. The number of nitrogens with one attached hydrogen (secondary N) is 2. The van der Waals surface area contributed by atoms with Gasteiger partial charge in [0.25, 0.3) is 0 Å². The smallest absolute Gasteiger partial charge is 0.315 e. The summed E-state index contributed by atoms with van der Waals surface area (Å²) in [5.41, 5.74) is 1.40. The van der Waals surface area contributed by atoms with Gasteiger partial charge in [0.1, 0.15) is 0 Å². The van der Waals surface area contributed by atoms with E-state index in [2.05, 4.69) is 52.8 Å². The molecule has 0 spiro atoms. The first kappa shape index (κ1) is 15.3. The molecule has 3 atom stereocenters. The third-order valence-corrected chi connectivity index (χ3v) is 4.91. The Hall–Kier alpha value is -1.55. The first-order chi connectivity index (χ1) is 10.7. The van der Waals surface area contributed by atoms with Crippen molar-refractivity contribution in [1.82, 2.24) is 15.5 Å². The van der Waals surface area contributed by atoms with Crippen LogP contribution in [0, 0.1) is 11.8 Å². The van der Waals surface area contributed by atoms with E-state index in [1.165, 1.54) is 12.0 Å². The number of rotatable bonds is 6. The van der Waals surface area contributed by atoms with Crippen LogP contribution in [0.2, 0.25) is 0 Å². The molecule has 1 aliphatic carbocycles. The summed E-state index contributed by atoms with van der Waals surface area (Å²) in [6.07, 6.45) is 3.43. The van der Waals surface area contributed by atoms with Gasteiger partial charge in [-0.05, 0) is 43.2 Å². The quantitative estimate of drug-likeness (QED) is 0.846. The lowest BCUT2D eigenvalue weighted by molar-refractivity contribution is 0.237. The number of amides is 2. The van der Waals surface area contributed by atoms with Crippen LogP contribution >= 0.6 is 0 Å². The molecule has 3 rings (SSSR count). The predicted molar refractivity (Wildman–Crippen MR) is 88.8 cm³/mol. The highest BCUT2D eigenvalue weighted by Gasteiger charge is 2.34. The number of nitrogens with zero attached hydrogens (tertiary/aromatic N) is 1. The van der Waals surface area contributed by atoms with Crippen LogP contribution in [0.3, 0.4) is 0 Å². The van der Waals surface area contributed by atoms with Gasteiger partial charge in [-0.3, -0.25) is 0 Å². The van der Waals surface area contributed by atoms with E-state index < -0.39 is 0 Å². The number of urea groups is 1. The summed E-state index contributed by atoms with van der Waals surface area (Å²) < 4.78 is 0. The van der Waals surface area contributed by atoms with Crippen LogP contribution < -0.4 is 10.6 Å². The van der Waals surface area contributed by atoms with Gasteiger partial charge in [0.15, 0.2) is 0 Å². The lowest BCUT2D eigenvalue weighted by Gasteiger charge is -2.16. The Bertz CT molecular complexity index is 490. The summed E-state index contributed by atoms with van der Waals surface area (Å²) >= 11 is 0. The van der Waals surface area contributed by atoms with Crippen molar-refractivity contribution < 1.29 is 4.79 Å². The van der Waals surface area contributed by atoms with Crippen molar-refractivity contribution in [3.05, 3.63) is 35.9 Å². The van der Waals surface area contributed by atoms with E-state index in [9.17, 15) is 4.79 Å². The molecule has 1 aromatic carbocycles. The van der Waals surface area contributed by atoms with Crippen LogP contribution in [0.4, 0.5) is 4.79 Å². The lowest BCUT2D eigenvalue weighted by Crippen LogP contribution is -2.40. The Morgan fingerprint density at radius 1 is 1.32 bits per heavy atom. The average Bonchev–Trinajstić information content (AvgIpc) is 3.03. The number of hydrogen-bond acceptors (Lipinski definition) is 2. The molecule has 0 unspecified atom stereocenters. The zero-order valence-corrected chi connectivity index (χ0v) is 13.4. The Labute approximate surface area is 133 Å². The lowest BCUT2D eigenvalue weighted by atomic mass is 10.1. The highest BCUT2D eigenvalue weighted by molar-refractivity contribution is 5.74. The monoisotopic (exact) mass is 301 g/mol. The Morgan fingerprint density at radius 3 is 2.82 bits per heavy atom. The highest BCUT2D eigenvalue weighted by atomic mass is 16.2. The van der Waals surface area contributed by atoms with E-state index in [1.54, 1.807) is 0 Å². The molecular formula is C18H27N3O. The molecule has 2 amide bonds. The Morgan fingerprint density at radius 2 is 2.09 bits per heavy atom. The first-order valence-corrected chi connectivity index (χ1v) is 8.51. The minimum Gasteiger partial charge on any atom is -0.338 e. The summed E-state index contributed by atoms with van der Waals surface area (Å²) in [4.78, 5) is 14.3. The van der Waals surface area contributed by atoms with Crippen LogP contribution in [0.15, 0.2) is 30.3 Å². The van der Waals surface area contributed by atoms with Gasteiger partial charge < -0.3 is 15.5 Å². The molecule has 2 fully saturated rings. The third kappa shape index (κ3) is 4.47. The van der Waals surface area contributed by atoms with Crippen molar-refractivity contribution >= 4 is 6.03 Å². The molecular weight excluding hydrogens is 274 g/mol. The van der Waals surface area contributed by atoms with Crippen molar-refractivity contribution in [2.45, 2.75) is 32.2 Å². The maximum Gasteiger partial charge on any atom is 0.315 e. The minimum absolute atomic E-state index is 0.0112. The maximum atomic E-state index is 11.8. The number of carbonyl (C=O) groups is 1. The van der Waals surface area contributed by atoms with Crippen LogP contribution in [0.1, 0.15) is 25.3 Å². The molecule has 1 saturated heterocycles. The van der Waals surface area contributed by atoms with Crippen molar-refractivity contribution in [2.75, 3.05) is 26.2 Å². The van der Waals surface area contributed by atoms with Gasteiger partial charge in [-0.25, -0.2) is 4.79 Å². The number of benzene rings is 1. The molecule has 120 valence electrons. The second-order valence-corrected chi connectivity index (χ2v) is 6.86. The van der Waals surface area contributed by atoms with E-state index in [0.29, 0.717) is 17.9 Å². The van der Waals surface area contributed by atoms with Gasteiger partial charge in [-0.15, -0.1) is 0 Å². The summed E-state index contributed by atoms with van der Waals surface area (Å²) in [6.45, 7) is 6.35. The van der Waals surface area contributed by atoms with Crippen LogP contribution in [0.25, 0.3) is 0 Å². The topological polar surface area (TPSA) is 44.4 Å². The van der Waals surface area contributed by atoms with E-state index in [-0.39, 0.29) is 6.03 Å². The van der Waals surface area contributed by atoms with E-state index in [0.717, 1.165) is 39.0 Å². The summed E-state index contributed by atoms with van der Waals surface area (Å²) in [5.74, 6) is 1.25. The van der Waals surface area contributed by atoms with Crippen molar-refractivity contribution in [1.29, 1.82) is 0 Å². The second kappa shape index (κ2) is 7.14. The predicted octanol–water partition coefficient (Wildman–Crippen LogP) is 2.26. The van der Waals surface area contributed by atoms with Crippen LogP contribution in [-0.2, 0) is 6.42 Å². The van der Waals surface area contributed by atoms with Gasteiger partial charge >= 0.3 is 6.03 Å². The summed E-state index contributed by atoms with van der Waals surface area (Å²) in [5, 5.41) is 6.06. The van der Waals surface area contributed by atoms with Crippen molar-refractivity contribution in [3.8, 4) is 0 Å². The van der Waals surface area contributed by atoms with E-state index >= 15 is 0 Å². The van der Waals surface area contributed by atoms with Gasteiger partial charge in [-0.2, -0.15) is 0 Å². The van der Waals surface area contributed by atoms with Gasteiger partial charge in [0.05, 0.1) is 0 Å². The minimum atomic E-state index is 0.0112. The van der Waals surface area contributed by atoms with Crippen molar-refractivity contribution in [3.63, 3.8) is 0 Å². The van der Waals surface area contributed by atoms with Crippen LogP contribution in [-0.4, -0.2) is 43.2 Å². The standard InChI is InChI=1S/C18H27N3O/c1-14-11-17(14)20-18(22)19-12-16-8-10-21(13-16)9-7-15-5-3-2-4-6-15/h2-6,14,16-17H,7-13H2,1H3,(H2,19,20,22)/t14-,16-,17+/m0/s1. The molecule has 1 saturated carbocycles. The number of carbonyl (C=O) groups excluding carboxylic acids is 1. The van der Waals surface area contributed by atoms with Crippen LogP contribution in [0.5, 0.6) is 0 Å². The zero-order chi connectivity index (χ0) is 15.4. The molecule has 0 bridgehead atoms. The van der Waals surface area contributed by atoms with Gasteiger partial charge in [0.2, 0.25) is 0 Å². The fourth-order valence-electron chi connectivity index (χ4n) is 3.19. The Balaban J connectivity index is 1.31. The molecule has 0 aromatic heterocycles. The Kier molecular flexibility index (Phi) is 4.98. The molecule has 1 aliphatic heterocycles. The average molecular weight is 301 g/mol. The van der Waals surface area contributed by atoms with E-state index in [4.69, 9.17) is 0 Å². The fourth-order valence-corrected chi connectivity index (χ4v) is 3.19. The molecule has 22 heavy (non-hydrogen) atoms. The van der Waals surface area contributed by atoms with Gasteiger partial charge in [-0.1, -0.05) is 37.3 Å². The fraction of sp³-hybridized carbons (Fsp3) is 0.611. The molecule has 2 N–H and O–H groups in total. The first-order valence-electron chi connectivity index (χ1n) is 8.51. The highest BCUT2D eigenvalue weighted by Crippen LogP contribution is 2.28. The molecule has 1 aromatic rings. The summed E-state index contributed by atoms with van der Waals surface area (Å²) in [6, 6.07) is 11.1. The third-order valence-electron chi connectivity index (χ3n) is 4.91. The van der Waals surface area contributed by atoms with Crippen molar-refractivity contribution in [2.24, 2.45) is 11.8 Å². The summed E-state index contributed by atoms with van der Waals surface area (Å²) in [7, 11) is 0. The SMILES string of the molecule is C[C@H]1C[C@H]1NC(=O)NC[C@@H]1CCN(CCc2ccccc2)C1. The zero-order valence-electron chi connectivity index (χ0n) is 13.4.